The van der Waals surface area contributed by atoms with E-state index in [-0.39, 0.29) is 17.6 Å². The molecule has 0 radical (unpaired) electrons. The van der Waals surface area contributed by atoms with Crippen molar-refractivity contribution in [3.63, 3.8) is 0 Å². The van der Waals surface area contributed by atoms with Gasteiger partial charge in [0.15, 0.2) is 0 Å². The third-order valence-corrected chi connectivity index (χ3v) is 4.26. The molecule has 0 bridgehead atoms. The van der Waals surface area contributed by atoms with Gasteiger partial charge in [-0.2, -0.15) is 0 Å². The van der Waals surface area contributed by atoms with Crippen LogP contribution in [0.2, 0.25) is 0 Å². The largest absolute Gasteiger partial charge is 0.444 e. The molecule has 0 saturated carbocycles. The van der Waals surface area contributed by atoms with Gasteiger partial charge in [0.25, 0.3) is 0 Å². The van der Waals surface area contributed by atoms with Crippen molar-refractivity contribution in [1.82, 2.24) is 15.2 Å². The van der Waals surface area contributed by atoms with Gasteiger partial charge in [-0.15, -0.1) is 0 Å². The number of ether oxygens (including phenoxy) is 1. The molecule has 0 unspecified atom stereocenters. The molecular weight excluding hydrogens is 318 g/mol. The first kappa shape index (κ1) is 19.8. The summed E-state index contributed by atoms with van der Waals surface area (Å²) in [5, 5.41) is 2.90. The minimum Gasteiger partial charge on any atom is -0.444 e. The predicted molar refractivity (Wildman–Crippen MR) is 97.5 cm³/mol. The van der Waals surface area contributed by atoms with E-state index in [1.807, 2.05) is 27.0 Å². The highest BCUT2D eigenvalue weighted by atomic mass is 16.6. The third-order valence-electron chi connectivity index (χ3n) is 4.26. The summed E-state index contributed by atoms with van der Waals surface area (Å²) in [5.41, 5.74) is -0.511. The van der Waals surface area contributed by atoms with Crippen molar-refractivity contribution < 1.29 is 13.9 Å². The van der Waals surface area contributed by atoms with E-state index < -0.39 is 5.60 Å². The monoisotopic (exact) mass is 351 g/mol. The van der Waals surface area contributed by atoms with Crippen LogP contribution in [0.4, 0.5) is 4.79 Å². The van der Waals surface area contributed by atoms with Gasteiger partial charge in [-0.3, -0.25) is 4.90 Å². The standard InChI is InChI=1S/C19H33N3O3/c1-18(2,3)15-12-20-16(24-15)13-22-10-8-7-9-14(22)11-21-17(23)25-19(4,5)6/h12,14H,7-11,13H2,1-6H3,(H,21,23)/t14-/m0/s1. The van der Waals surface area contributed by atoms with Gasteiger partial charge in [-0.25, -0.2) is 9.78 Å². The Labute approximate surface area is 151 Å². The van der Waals surface area contributed by atoms with Gasteiger partial charge < -0.3 is 14.5 Å². The number of aromatic nitrogens is 1. The van der Waals surface area contributed by atoms with Crippen LogP contribution in [0, 0.1) is 0 Å². The number of nitrogens with zero attached hydrogens (tertiary/aromatic N) is 2. The van der Waals surface area contributed by atoms with Gasteiger partial charge in [0.1, 0.15) is 11.4 Å². The second-order valence-corrected chi connectivity index (χ2v) is 8.87. The minimum absolute atomic E-state index is 0.0369. The number of hydrogen-bond acceptors (Lipinski definition) is 5. The number of hydrogen-bond donors (Lipinski definition) is 1. The number of alkyl carbamates (subject to hydrolysis) is 1. The van der Waals surface area contributed by atoms with Crippen LogP contribution in [-0.4, -0.2) is 40.7 Å². The molecule has 2 rings (SSSR count). The number of nitrogens with one attached hydrogen (secondary N) is 1. The maximum Gasteiger partial charge on any atom is 0.407 e. The zero-order chi connectivity index (χ0) is 18.7. The van der Waals surface area contributed by atoms with Crippen LogP contribution in [0.25, 0.3) is 0 Å². The maximum absolute atomic E-state index is 11.9. The van der Waals surface area contributed by atoms with Crippen molar-refractivity contribution in [2.24, 2.45) is 0 Å². The smallest absolute Gasteiger partial charge is 0.407 e. The van der Waals surface area contributed by atoms with E-state index in [1.54, 1.807) is 0 Å². The van der Waals surface area contributed by atoms with Gasteiger partial charge >= 0.3 is 6.09 Å². The van der Waals surface area contributed by atoms with Gasteiger partial charge in [-0.1, -0.05) is 27.2 Å². The summed E-state index contributed by atoms with van der Waals surface area (Å²) in [6.45, 7) is 14.2. The molecule has 6 heteroatoms. The number of oxazole rings is 1. The molecule has 1 aromatic rings. The zero-order valence-corrected chi connectivity index (χ0v) is 16.5. The lowest BCUT2D eigenvalue weighted by atomic mass is 9.94. The van der Waals surface area contributed by atoms with Gasteiger partial charge in [0.2, 0.25) is 5.89 Å². The molecule has 1 saturated heterocycles. The van der Waals surface area contributed by atoms with Gasteiger partial charge in [-0.05, 0) is 40.2 Å². The molecule has 1 aromatic heterocycles. The van der Waals surface area contributed by atoms with Crippen LogP contribution in [0.1, 0.15) is 72.5 Å². The Bertz CT molecular complexity index is 569. The molecule has 1 aliphatic rings. The first-order chi connectivity index (χ1) is 11.5. The van der Waals surface area contributed by atoms with E-state index in [0.29, 0.717) is 13.1 Å². The molecule has 0 aromatic carbocycles. The first-order valence-electron chi connectivity index (χ1n) is 9.21. The Morgan fingerprint density at radius 3 is 2.64 bits per heavy atom. The molecule has 25 heavy (non-hydrogen) atoms. The van der Waals surface area contributed by atoms with Crippen LogP contribution < -0.4 is 5.32 Å². The average molecular weight is 351 g/mol. The summed E-state index contributed by atoms with van der Waals surface area (Å²) in [4.78, 5) is 18.7. The quantitative estimate of drug-likeness (QED) is 0.892. The summed E-state index contributed by atoms with van der Waals surface area (Å²) in [6, 6.07) is 0.284. The van der Waals surface area contributed by atoms with Crippen molar-refractivity contribution >= 4 is 6.09 Å². The van der Waals surface area contributed by atoms with E-state index in [4.69, 9.17) is 9.15 Å². The molecule has 1 amide bonds. The van der Waals surface area contributed by atoms with Gasteiger partial charge in [0, 0.05) is 18.0 Å². The SMILES string of the molecule is CC(C)(C)OC(=O)NC[C@@H]1CCCCN1Cc1ncc(C(C)(C)C)o1. The summed E-state index contributed by atoms with van der Waals surface area (Å²) >= 11 is 0. The number of likely N-dealkylation sites (tertiary alicyclic amines) is 1. The summed E-state index contributed by atoms with van der Waals surface area (Å²) in [5.74, 6) is 1.65. The van der Waals surface area contributed by atoms with Crippen molar-refractivity contribution in [3.8, 4) is 0 Å². The highest BCUT2D eigenvalue weighted by Gasteiger charge is 2.26. The fourth-order valence-corrected chi connectivity index (χ4v) is 2.92. The normalized spacial score (nSPS) is 19.7. The fourth-order valence-electron chi connectivity index (χ4n) is 2.92. The molecule has 1 N–H and O–H groups in total. The average Bonchev–Trinajstić information content (AvgIpc) is 2.93. The van der Waals surface area contributed by atoms with E-state index in [2.05, 4.69) is 36.0 Å². The van der Waals surface area contributed by atoms with E-state index in [0.717, 1.165) is 31.0 Å². The first-order valence-corrected chi connectivity index (χ1v) is 9.21. The molecule has 1 fully saturated rings. The topological polar surface area (TPSA) is 67.6 Å². The summed E-state index contributed by atoms with van der Waals surface area (Å²) < 4.78 is 11.2. The lowest BCUT2D eigenvalue weighted by molar-refractivity contribution is 0.0488. The Kier molecular flexibility index (Phi) is 6.14. The zero-order valence-electron chi connectivity index (χ0n) is 16.5. The Balaban J connectivity index is 1.92. The van der Waals surface area contributed by atoms with E-state index in [1.165, 1.54) is 6.42 Å². The summed E-state index contributed by atoms with van der Waals surface area (Å²) in [6.07, 6.45) is 4.87. The van der Waals surface area contributed by atoms with Crippen molar-refractivity contribution in [3.05, 3.63) is 17.8 Å². The number of rotatable bonds is 4. The minimum atomic E-state index is -0.474. The number of carbonyl (C=O) groups is 1. The maximum atomic E-state index is 11.9. The van der Waals surface area contributed by atoms with Crippen LogP contribution in [0.15, 0.2) is 10.6 Å². The molecule has 2 heterocycles. The number of carbonyl (C=O) groups excluding carboxylic acids is 1. The van der Waals surface area contributed by atoms with Crippen LogP contribution in [0.5, 0.6) is 0 Å². The van der Waals surface area contributed by atoms with Crippen LogP contribution in [-0.2, 0) is 16.7 Å². The van der Waals surface area contributed by atoms with Crippen molar-refractivity contribution in [1.29, 1.82) is 0 Å². The van der Waals surface area contributed by atoms with Crippen molar-refractivity contribution in [2.45, 2.75) is 84.4 Å². The Hall–Kier alpha value is -1.56. The van der Waals surface area contributed by atoms with Gasteiger partial charge in [0.05, 0.1) is 12.7 Å². The molecule has 0 aliphatic carbocycles. The third kappa shape index (κ3) is 6.34. The van der Waals surface area contributed by atoms with E-state index in [9.17, 15) is 4.79 Å². The molecule has 6 nitrogen and oxygen atoms in total. The number of piperidine rings is 1. The Morgan fingerprint density at radius 2 is 2.04 bits per heavy atom. The van der Waals surface area contributed by atoms with Crippen molar-refractivity contribution in [2.75, 3.05) is 13.1 Å². The molecule has 1 aliphatic heterocycles. The van der Waals surface area contributed by atoms with Crippen LogP contribution >= 0.6 is 0 Å². The summed E-state index contributed by atoms with van der Waals surface area (Å²) in [7, 11) is 0. The molecular formula is C19H33N3O3. The second kappa shape index (κ2) is 7.77. The molecule has 0 spiro atoms. The number of amides is 1. The highest BCUT2D eigenvalue weighted by molar-refractivity contribution is 5.67. The Morgan fingerprint density at radius 1 is 1.32 bits per heavy atom. The molecule has 142 valence electrons. The fraction of sp³-hybridized carbons (Fsp3) is 0.789. The lowest BCUT2D eigenvalue weighted by Crippen LogP contribution is -2.47. The highest BCUT2D eigenvalue weighted by Crippen LogP contribution is 2.24. The second-order valence-electron chi connectivity index (χ2n) is 8.87. The van der Waals surface area contributed by atoms with E-state index >= 15 is 0 Å². The predicted octanol–water partition coefficient (Wildman–Crippen LogP) is 3.85. The van der Waals surface area contributed by atoms with Crippen LogP contribution in [0.3, 0.4) is 0 Å². The lowest BCUT2D eigenvalue weighted by Gasteiger charge is -2.35. The molecule has 1 atom stereocenters.